The van der Waals surface area contributed by atoms with Gasteiger partial charge in [0.15, 0.2) is 0 Å². The number of hydrogen-bond donors (Lipinski definition) is 2. The molecule has 0 aliphatic carbocycles. The summed E-state index contributed by atoms with van der Waals surface area (Å²) in [5.74, 6) is -0.454. The van der Waals surface area contributed by atoms with Crippen LogP contribution in [0.5, 0.6) is 0 Å². The van der Waals surface area contributed by atoms with E-state index in [9.17, 15) is 23.1 Å². The molecular weight excluding hydrogens is 323 g/mol. The van der Waals surface area contributed by atoms with Gasteiger partial charge in [0.2, 0.25) is 5.91 Å². The number of halogens is 3. The molecule has 0 aromatic heterocycles. The van der Waals surface area contributed by atoms with Crippen LogP contribution in [0.25, 0.3) is 5.57 Å². The molecular formula is C17H20F3NO3. The maximum absolute atomic E-state index is 12.7. The van der Waals surface area contributed by atoms with Gasteiger partial charge in [-0.05, 0) is 30.2 Å². The Morgan fingerprint density at radius 1 is 1.38 bits per heavy atom. The highest BCUT2D eigenvalue weighted by atomic mass is 19.4. The molecule has 1 amide bonds. The lowest BCUT2D eigenvalue weighted by atomic mass is 9.94. The minimum Gasteiger partial charge on any atom is -0.388 e. The van der Waals surface area contributed by atoms with Crippen molar-refractivity contribution < 1.29 is 27.8 Å². The van der Waals surface area contributed by atoms with Crippen LogP contribution >= 0.6 is 0 Å². The van der Waals surface area contributed by atoms with Crippen LogP contribution in [-0.2, 0) is 15.7 Å². The number of alkyl halides is 3. The Morgan fingerprint density at radius 3 is 2.67 bits per heavy atom. The van der Waals surface area contributed by atoms with Crippen LogP contribution in [0.1, 0.15) is 30.9 Å². The van der Waals surface area contributed by atoms with Crippen molar-refractivity contribution in [2.45, 2.75) is 31.5 Å². The molecule has 7 heteroatoms. The molecule has 0 atom stereocenters. The zero-order valence-electron chi connectivity index (χ0n) is 13.3. The number of carbonyl (C=O) groups is 1. The number of allylic oxidation sites excluding steroid dienone is 1. The zero-order valence-corrected chi connectivity index (χ0v) is 13.3. The fourth-order valence-electron chi connectivity index (χ4n) is 2.45. The van der Waals surface area contributed by atoms with Crippen LogP contribution in [0.3, 0.4) is 0 Å². The van der Waals surface area contributed by atoms with Gasteiger partial charge in [0, 0.05) is 38.7 Å². The molecule has 0 radical (unpaired) electrons. The highest BCUT2D eigenvalue weighted by Gasteiger charge is 2.31. The summed E-state index contributed by atoms with van der Waals surface area (Å²) in [7, 11) is 0. The highest BCUT2D eigenvalue weighted by molar-refractivity contribution is 5.94. The van der Waals surface area contributed by atoms with Crippen LogP contribution < -0.4 is 5.32 Å². The van der Waals surface area contributed by atoms with Gasteiger partial charge in [-0.25, -0.2) is 0 Å². The summed E-state index contributed by atoms with van der Waals surface area (Å²) in [5, 5.41) is 12.9. The van der Waals surface area contributed by atoms with E-state index in [1.54, 1.807) is 6.92 Å². The Kier molecular flexibility index (Phi) is 5.66. The van der Waals surface area contributed by atoms with Crippen molar-refractivity contribution in [2.75, 3.05) is 19.8 Å². The van der Waals surface area contributed by atoms with Crippen LogP contribution in [0.15, 0.2) is 30.3 Å². The SMILES string of the molecule is C/C(=C\C(=O)NCC1(O)CCOCC1)c1cccc(C(F)(F)F)c1. The standard InChI is InChI=1S/C17H20F3NO3/c1-12(13-3-2-4-14(10-13)17(18,19)20)9-15(22)21-11-16(23)5-7-24-8-6-16/h2-4,9-10,23H,5-8,11H2,1H3,(H,21,22)/b12-9+. The minimum absolute atomic E-state index is 0.0849. The van der Waals surface area contributed by atoms with Gasteiger partial charge in [0.05, 0.1) is 11.2 Å². The van der Waals surface area contributed by atoms with E-state index in [-0.39, 0.29) is 6.54 Å². The number of benzene rings is 1. The summed E-state index contributed by atoms with van der Waals surface area (Å²) in [5.41, 5.74) is -1.02. The van der Waals surface area contributed by atoms with Crippen molar-refractivity contribution in [1.82, 2.24) is 5.32 Å². The van der Waals surface area contributed by atoms with Crippen molar-refractivity contribution in [3.63, 3.8) is 0 Å². The van der Waals surface area contributed by atoms with Gasteiger partial charge >= 0.3 is 6.18 Å². The van der Waals surface area contributed by atoms with Gasteiger partial charge in [-0.15, -0.1) is 0 Å². The molecule has 0 bridgehead atoms. The molecule has 0 unspecified atom stereocenters. The lowest BCUT2D eigenvalue weighted by Crippen LogP contribution is -2.46. The summed E-state index contributed by atoms with van der Waals surface area (Å²) in [6.45, 7) is 2.52. The normalized spacial score (nSPS) is 18.3. The molecule has 1 aliphatic heterocycles. The molecule has 2 N–H and O–H groups in total. The van der Waals surface area contributed by atoms with E-state index in [1.165, 1.54) is 18.2 Å². The molecule has 1 aliphatic rings. The number of rotatable bonds is 4. The largest absolute Gasteiger partial charge is 0.416 e. The Balaban J connectivity index is 2.01. The lowest BCUT2D eigenvalue weighted by Gasteiger charge is -2.31. The first kappa shape index (κ1) is 18.5. The van der Waals surface area contributed by atoms with E-state index in [2.05, 4.69) is 5.32 Å². The molecule has 4 nitrogen and oxygen atoms in total. The Bertz CT molecular complexity index is 620. The Hall–Kier alpha value is -1.86. The fourth-order valence-corrected chi connectivity index (χ4v) is 2.45. The van der Waals surface area contributed by atoms with Gasteiger partial charge in [0.25, 0.3) is 0 Å². The first-order valence-electron chi connectivity index (χ1n) is 7.63. The third-order valence-corrected chi connectivity index (χ3v) is 4.01. The van der Waals surface area contributed by atoms with Gasteiger partial charge in [-0.3, -0.25) is 4.79 Å². The van der Waals surface area contributed by atoms with Crippen LogP contribution in [0, 0.1) is 0 Å². The predicted molar refractivity (Wildman–Crippen MR) is 83.1 cm³/mol. The molecule has 24 heavy (non-hydrogen) atoms. The van der Waals surface area contributed by atoms with E-state index in [4.69, 9.17) is 4.74 Å². The second-order valence-electron chi connectivity index (χ2n) is 5.96. The molecule has 1 fully saturated rings. The Morgan fingerprint density at radius 2 is 2.04 bits per heavy atom. The summed E-state index contributed by atoms with van der Waals surface area (Å²) in [6, 6.07) is 4.81. The van der Waals surface area contributed by atoms with E-state index >= 15 is 0 Å². The Labute approximate surface area is 138 Å². The number of aliphatic hydroxyl groups is 1. The molecule has 132 valence electrons. The summed E-state index contributed by atoms with van der Waals surface area (Å²) in [4.78, 5) is 11.9. The van der Waals surface area contributed by atoms with E-state index in [0.717, 1.165) is 12.1 Å². The molecule has 2 rings (SSSR count). The molecule has 1 heterocycles. The molecule has 1 aromatic carbocycles. The van der Waals surface area contributed by atoms with Gasteiger partial charge in [-0.1, -0.05) is 12.1 Å². The van der Waals surface area contributed by atoms with Gasteiger partial charge in [-0.2, -0.15) is 13.2 Å². The summed E-state index contributed by atoms with van der Waals surface area (Å²) < 4.78 is 43.3. The first-order chi connectivity index (χ1) is 11.2. The minimum atomic E-state index is -4.43. The monoisotopic (exact) mass is 343 g/mol. The number of hydrogen-bond acceptors (Lipinski definition) is 3. The van der Waals surface area contributed by atoms with E-state index < -0.39 is 23.2 Å². The first-order valence-corrected chi connectivity index (χ1v) is 7.63. The highest BCUT2D eigenvalue weighted by Crippen LogP contribution is 2.30. The molecule has 0 saturated carbocycles. The third kappa shape index (κ3) is 5.07. The third-order valence-electron chi connectivity index (χ3n) is 4.01. The van der Waals surface area contributed by atoms with Crippen molar-refractivity contribution in [1.29, 1.82) is 0 Å². The summed E-state index contributed by atoms with van der Waals surface area (Å²) in [6.07, 6.45) is -2.32. The van der Waals surface area contributed by atoms with Crippen molar-refractivity contribution in [2.24, 2.45) is 0 Å². The number of amides is 1. The predicted octanol–water partition coefficient (Wildman–Crippen LogP) is 2.77. The van der Waals surface area contributed by atoms with Crippen LogP contribution in [0.2, 0.25) is 0 Å². The second-order valence-corrected chi connectivity index (χ2v) is 5.96. The smallest absolute Gasteiger partial charge is 0.388 e. The van der Waals surface area contributed by atoms with E-state index in [0.29, 0.717) is 37.2 Å². The average Bonchev–Trinajstić information content (AvgIpc) is 2.53. The van der Waals surface area contributed by atoms with E-state index in [1.807, 2.05) is 0 Å². The second kappa shape index (κ2) is 7.36. The maximum atomic E-state index is 12.7. The summed E-state index contributed by atoms with van der Waals surface area (Å²) >= 11 is 0. The molecule has 1 aromatic rings. The topological polar surface area (TPSA) is 58.6 Å². The van der Waals surface area contributed by atoms with Crippen molar-refractivity contribution in [3.8, 4) is 0 Å². The molecule has 0 spiro atoms. The molecule has 1 saturated heterocycles. The lowest BCUT2D eigenvalue weighted by molar-refractivity contribution is -0.137. The number of ether oxygens (including phenoxy) is 1. The van der Waals surface area contributed by atoms with Crippen LogP contribution in [-0.4, -0.2) is 36.4 Å². The number of nitrogens with one attached hydrogen (secondary N) is 1. The van der Waals surface area contributed by atoms with Gasteiger partial charge < -0.3 is 15.2 Å². The van der Waals surface area contributed by atoms with Crippen molar-refractivity contribution >= 4 is 11.5 Å². The maximum Gasteiger partial charge on any atom is 0.416 e. The van der Waals surface area contributed by atoms with Gasteiger partial charge in [0.1, 0.15) is 0 Å². The quantitative estimate of drug-likeness (QED) is 0.827. The zero-order chi connectivity index (χ0) is 17.8. The van der Waals surface area contributed by atoms with Crippen LogP contribution in [0.4, 0.5) is 13.2 Å². The number of carbonyl (C=O) groups excluding carboxylic acids is 1. The average molecular weight is 343 g/mol. The fraction of sp³-hybridized carbons (Fsp3) is 0.471. The van der Waals surface area contributed by atoms with Crippen molar-refractivity contribution in [3.05, 3.63) is 41.5 Å².